The molecule has 2 heterocycles. The van der Waals surface area contributed by atoms with Crippen LogP contribution in [0.4, 0.5) is 5.69 Å². The number of aryl methyl sites for hydroxylation is 3. The molecule has 0 spiro atoms. The number of benzene rings is 2. The average molecular weight is 372 g/mol. The maximum absolute atomic E-state index is 12.9. The van der Waals surface area contributed by atoms with Crippen molar-refractivity contribution in [3.63, 3.8) is 0 Å². The van der Waals surface area contributed by atoms with Crippen LogP contribution in [0.3, 0.4) is 0 Å². The first-order chi connectivity index (χ1) is 13.5. The monoisotopic (exact) mass is 372 g/mol. The summed E-state index contributed by atoms with van der Waals surface area (Å²) in [5, 5.41) is 0. The van der Waals surface area contributed by atoms with E-state index in [-0.39, 0.29) is 17.5 Å². The maximum Gasteiger partial charge on any atom is 0.253 e. The zero-order valence-electron chi connectivity index (χ0n) is 16.5. The van der Waals surface area contributed by atoms with Crippen molar-refractivity contribution in [3.05, 3.63) is 87.8 Å². The highest BCUT2D eigenvalue weighted by molar-refractivity contribution is 5.98. The highest BCUT2D eigenvalue weighted by Gasteiger charge is 2.29. The molecule has 0 bridgehead atoms. The second-order valence-electron chi connectivity index (χ2n) is 7.52. The van der Waals surface area contributed by atoms with Crippen molar-refractivity contribution >= 4 is 11.6 Å². The lowest BCUT2D eigenvalue weighted by Gasteiger charge is -2.35. The van der Waals surface area contributed by atoms with Crippen molar-refractivity contribution in [1.82, 2.24) is 4.57 Å². The molecular formula is C24H24N2O2. The van der Waals surface area contributed by atoms with E-state index in [1.54, 1.807) is 11.6 Å². The van der Waals surface area contributed by atoms with Crippen molar-refractivity contribution in [1.29, 1.82) is 0 Å². The largest absolute Gasteiger partial charge is 0.318 e. The number of fused-ring (bicyclic) bond motifs is 1. The Balaban J connectivity index is 1.81. The summed E-state index contributed by atoms with van der Waals surface area (Å²) in [7, 11) is 1.77. The normalized spacial score (nSPS) is 14.7. The van der Waals surface area contributed by atoms with Gasteiger partial charge < -0.3 is 9.47 Å². The number of aromatic nitrogens is 1. The van der Waals surface area contributed by atoms with Crippen LogP contribution in [-0.4, -0.2) is 10.5 Å². The van der Waals surface area contributed by atoms with E-state index in [0.717, 1.165) is 28.8 Å². The molecule has 4 nitrogen and oxygen atoms in total. The average Bonchev–Trinajstić information content (AvgIpc) is 2.71. The fraction of sp³-hybridized carbons (Fsp3) is 0.250. The Morgan fingerprint density at radius 2 is 1.68 bits per heavy atom. The third-order valence-electron chi connectivity index (χ3n) is 5.59. The molecule has 0 saturated carbocycles. The van der Waals surface area contributed by atoms with Crippen LogP contribution in [0.25, 0.3) is 11.1 Å². The Hall–Kier alpha value is -3.14. The van der Waals surface area contributed by atoms with E-state index >= 15 is 0 Å². The number of amides is 1. The number of anilines is 1. The Kier molecular flexibility index (Phi) is 4.63. The van der Waals surface area contributed by atoms with Gasteiger partial charge in [0.25, 0.3) is 5.56 Å². The molecule has 1 aliphatic heterocycles. The molecule has 4 heteroatoms. The van der Waals surface area contributed by atoms with E-state index < -0.39 is 0 Å². The maximum atomic E-state index is 12.9. The molecule has 1 aromatic heterocycles. The first-order valence-electron chi connectivity index (χ1n) is 9.63. The van der Waals surface area contributed by atoms with Crippen LogP contribution in [-0.2, 0) is 18.3 Å². The fourth-order valence-electron chi connectivity index (χ4n) is 4.02. The molecule has 28 heavy (non-hydrogen) atoms. The van der Waals surface area contributed by atoms with Gasteiger partial charge in [-0.05, 0) is 54.7 Å². The molecule has 0 radical (unpaired) electrons. The highest BCUT2D eigenvalue weighted by atomic mass is 16.2. The van der Waals surface area contributed by atoms with E-state index in [2.05, 4.69) is 37.3 Å². The first kappa shape index (κ1) is 18.2. The minimum Gasteiger partial charge on any atom is -0.318 e. The van der Waals surface area contributed by atoms with Gasteiger partial charge in [-0.1, -0.05) is 42.5 Å². The molecule has 0 N–H and O–H groups in total. The standard InChI is InChI=1S/C24H24N2O2/c1-16-13-21(15-25(3)24(16)28)20-10-9-19-11-12-23(27)26(22(19)14-20)17(2)18-7-5-4-6-8-18/h4-10,13-15,17H,11-12H2,1-3H3/t17-/m0/s1. The molecule has 1 atom stereocenters. The Bertz CT molecular complexity index is 1070. The van der Waals surface area contributed by atoms with Gasteiger partial charge in [-0.25, -0.2) is 0 Å². The van der Waals surface area contributed by atoms with Crippen LogP contribution in [0, 0.1) is 6.92 Å². The summed E-state index contributed by atoms with van der Waals surface area (Å²) in [4.78, 5) is 26.8. The zero-order chi connectivity index (χ0) is 19.8. The lowest BCUT2D eigenvalue weighted by molar-refractivity contribution is -0.119. The van der Waals surface area contributed by atoms with Gasteiger partial charge >= 0.3 is 0 Å². The van der Waals surface area contributed by atoms with E-state index in [0.29, 0.717) is 12.0 Å². The number of hydrogen-bond acceptors (Lipinski definition) is 2. The smallest absolute Gasteiger partial charge is 0.253 e. The second-order valence-corrected chi connectivity index (χ2v) is 7.52. The van der Waals surface area contributed by atoms with Crippen LogP contribution in [0.15, 0.2) is 65.6 Å². The van der Waals surface area contributed by atoms with Gasteiger partial charge in [0.1, 0.15) is 0 Å². The van der Waals surface area contributed by atoms with Gasteiger partial charge in [0.05, 0.1) is 6.04 Å². The van der Waals surface area contributed by atoms with Crippen LogP contribution in [0.2, 0.25) is 0 Å². The highest BCUT2D eigenvalue weighted by Crippen LogP contribution is 2.37. The quantitative estimate of drug-likeness (QED) is 0.684. The lowest BCUT2D eigenvalue weighted by Crippen LogP contribution is -2.37. The topological polar surface area (TPSA) is 42.3 Å². The Morgan fingerprint density at radius 3 is 2.39 bits per heavy atom. The summed E-state index contributed by atoms with van der Waals surface area (Å²) < 4.78 is 1.61. The predicted molar refractivity (Wildman–Crippen MR) is 113 cm³/mol. The second kappa shape index (κ2) is 7.12. The number of nitrogens with zero attached hydrogens (tertiary/aromatic N) is 2. The van der Waals surface area contributed by atoms with Gasteiger partial charge in [-0.3, -0.25) is 9.59 Å². The molecule has 1 amide bonds. The zero-order valence-corrected chi connectivity index (χ0v) is 16.5. The van der Waals surface area contributed by atoms with Crippen molar-refractivity contribution < 1.29 is 4.79 Å². The SMILES string of the molecule is Cc1cc(-c2ccc3c(c2)N([C@@H](C)c2ccccc2)C(=O)CC3)cn(C)c1=O. The summed E-state index contributed by atoms with van der Waals surface area (Å²) in [5.41, 5.74) is 5.99. The predicted octanol–water partition coefficient (Wildman–Crippen LogP) is 4.40. The Labute approximate surface area is 165 Å². The Morgan fingerprint density at radius 1 is 0.929 bits per heavy atom. The molecule has 0 aliphatic carbocycles. The van der Waals surface area contributed by atoms with Crippen molar-refractivity contribution in [2.24, 2.45) is 7.05 Å². The molecule has 0 unspecified atom stereocenters. The number of rotatable bonds is 3. The van der Waals surface area contributed by atoms with Crippen molar-refractivity contribution in [2.45, 2.75) is 32.7 Å². The van der Waals surface area contributed by atoms with Crippen molar-refractivity contribution in [3.8, 4) is 11.1 Å². The minimum absolute atomic E-state index is 0.0104. The number of carbonyl (C=O) groups is 1. The molecule has 142 valence electrons. The van der Waals surface area contributed by atoms with Crippen LogP contribution in [0.5, 0.6) is 0 Å². The van der Waals surface area contributed by atoms with Gasteiger partial charge in [0.15, 0.2) is 0 Å². The van der Waals surface area contributed by atoms with E-state index in [9.17, 15) is 9.59 Å². The molecule has 0 fully saturated rings. The van der Waals surface area contributed by atoms with Gasteiger partial charge in [0.2, 0.25) is 5.91 Å². The van der Waals surface area contributed by atoms with E-state index in [4.69, 9.17) is 0 Å². The lowest BCUT2D eigenvalue weighted by atomic mass is 9.94. The molecular weight excluding hydrogens is 348 g/mol. The third kappa shape index (κ3) is 3.15. The summed E-state index contributed by atoms with van der Waals surface area (Å²) in [5.74, 6) is 0.151. The minimum atomic E-state index is -0.0372. The van der Waals surface area contributed by atoms with Gasteiger partial charge in [0, 0.05) is 30.9 Å². The fourth-order valence-corrected chi connectivity index (χ4v) is 4.02. The molecule has 0 saturated heterocycles. The summed E-state index contributed by atoms with van der Waals surface area (Å²) in [6.45, 7) is 3.91. The molecule has 4 rings (SSSR count). The van der Waals surface area contributed by atoms with E-state index in [1.807, 2.05) is 42.3 Å². The van der Waals surface area contributed by atoms with Crippen LogP contribution < -0.4 is 10.5 Å². The van der Waals surface area contributed by atoms with Crippen LogP contribution >= 0.6 is 0 Å². The van der Waals surface area contributed by atoms with Crippen LogP contribution in [0.1, 0.15) is 36.1 Å². The van der Waals surface area contributed by atoms with Gasteiger partial charge in [-0.15, -0.1) is 0 Å². The number of hydrogen-bond donors (Lipinski definition) is 0. The number of pyridine rings is 1. The molecule has 1 aliphatic rings. The summed E-state index contributed by atoms with van der Waals surface area (Å²) in [6, 6.07) is 18.3. The van der Waals surface area contributed by atoms with Crippen molar-refractivity contribution in [2.75, 3.05) is 4.90 Å². The number of carbonyl (C=O) groups excluding carboxylic acids is 1. The van der Waals surface area contributed by atoms with E-state index in [1.165, 1.54) is 5.56 Å². The first-order valence-corrected chi connectivity index (χ1v) is 9.63. The third-order valence-corrected chi connectivity index (χ3v) is 5.59. The summed E-state index contributed by atoms with van der Waals surface area (Å²) in [6.07, 6.45) is 3.15. The molecule has 3 aromatic rings. The van der Waals surface area contributed by atoms with Gasteiger partial charge in [-0.2, -0.15) is 0 Å². The molecule has 2 aromatic carbocycles. The summed E-state index contributed by atoms with van der Waals surface area (Å²) >= 11 is 0.